The maximum atomic E-state index is 13.3. The van der Waals surface area contributed by atoms with Gasteiger partial charge in [0, 0.05) is 6.07 Å². The summed E-state index contributed by atoms with van der Waals surface area (Å²) in [7, 11) is 0. The Kier molecular flexibility index (Phi) is 7.87. The lowest BCUT2D eigenvalue weighted by atomic mass is 9.68. The highest BCUT2D eigenvalue weighted by Crippen LogP contribution is 2.42. The zero-order valence-electron chi connectivity index (χ0n) is 17.1. The van der Waals surface area contributed by atoms with Crippen LogP contribution in [0, 0.1) is 35.3 Å². The smallest absolute Gasteiger partial charge is 0.314 e. The molecule has 0 radical (unpaired) electrons. The summed E-state index contributed by atoms with van der Waals surface area (Å²) in [5.74, 6) is 0.255. The molecule has 0 saturated heterocycles. The predicted octanol–water partition coefficient (Wildman–Crippen LogP) is 7.06. The van der Waals surface area contributed by atoms with Crippen molar-refractivity contribution in [3.8, 4) is 5.75 Å². The van der Waals surface area contributed by atoms with E-state index in [1.165, 1.54) is 57.4 Å². The fourth-order valence-corrected chi connectivity index (χ4v) is 5.20. The van der Waals surface area contributed by atoms with Gasteiger partial charge < -0.3 is 4.74 Å². The molecule has 2 aliphatic carbocycles. The normalized spacial score (nSPS) is 28.1. The molecule has 1 aromatic carbocycles. The van der Waals surface area contributed by atoms with Gasteiger partial charge in [0.2, 0.25) is 0 Å². The third kappa shape index (κ3) is 5.78. The summed E-state index contributed by atoms with van der Waals surface area (Å²) in [4.78, 5) is 12.4. The molecular weight excluding hydrogens is 358 g/mol. The van der Waals surface area contributed by atoms with Crippen molar-refractivity contribution in [2.75, 3.05) is 0 Å². The van der Waals surface area contributed by atoms with Gasteiger partial charge in [0.25, 0.3) is 0 Å². The maximum absolute atomic E-state index is 13.3. The Labute approximate surface area is 168 Å². The number of unbranched alkanes of at least 4 members (excludes halogenated alkanes) is 2. The van der Waals surface area contributed by atoms with Gasteiger partial charge in [-0.05, 0) is 68.4 Å². The highest BCUT2D eigenvalue weighted by Gasteiger charge is 2.33. The van der Waals surface area contributed by atoms with Crippen molar-refractivity contribution in [1.29, 1.82) is 0 Å². The number of esters is 1. The van der Waals surface area contributed by atoms with Gasteiger partial charge in [-0.15, -0.1) is 0 Å². The molecule has 0 atom stereocenters. The number of benzene rings is 1. The summed E-state index contributed by atoms with van der Waals surface area (Å²) in [5.41, 5.74) is 0. The van der Waals surface area contributed by atoms with Crippen molar-refractivity contribution >= 4 is 5.97 Å². The fourth-order valence-electron chi connectivity index (χ4n) is 5.20. The Morgan fingerprint density at radius 3 is 2.18 bits per heavy atom. The van der Waals surface area contributed by atoms with Crippen molar-refractivity contribution in [2.45, 2.75) is 84.0 Å². The van der Waals surface area contributed by atoms with Crippen molar-refractivity contribution in [1.82, 2.24) is 0 Å². The zero-order chi connectivity index (χ0) is 19.9. The van der Waals surface area contributed by atoms with E-state index in [4.69, 9.17) is 4.74 Å². The van der Waals surface area contributed by atoms with E-state index in [1.54, 1.807) is 0 Å². The average Bonchev–Trinajstić information content (AvgIpc) is 2.72. The van der Waals surface area contributed by atoms with E-state index in [9.17, 15) is 13.6 Å². The van der Waals surface area contributed by atoms with Gasteiger partial charge in [0.15, 0.2) is 11.6 Å². The summed E-state index contributed by atoms with van der Waals surface area (Å²) in [5, 5.41) is 0. The molecule has 0 heterocycles. The first-order valence-electron chi connectivity index (χ1n) is 11.2. The lowest BCUT2D eigenvalue weighted by Gasteiger charge is -2.37. The van der Waals surface area contributed by atoms with Crippen LogP contribution in [0.25, 0.3) is 0 Å². The van der Waals surface area contributed by atoms with E-state index >= 15 is 0 Å². The van der Waals surface area contributed by atoms with Crippen LogP contribution in [-0.2, 0) is 4.79 Å². The fraction of sp³-hybridized carbons (Fsp3) is 0.708. The molecular formula is C24H34F2O2. The van der Waals surface area contributed by atoms with Gasteiger partial charge in [-0.3, -0.25) is 4.79 Å². The highest BCUT2D eigenvalue weighted by atomic mass is 19.2. The lowest BCUT2D eigenvalue weighted by Crippen LogP contribution is -2.30. The molecule has 3 rings (SSSR count). The second kappa shape index (κ2) is 10.4. The summed E-state index contributed by atoms with van der Waals surface area (Å²) < 4.78 is 31.6. The van der Waals surface area contributed by atoms with Crippen LogP contribution in [0.1, 0.15) is 84.0 Å². The van der Waals surface area contributed by atoms with E-state index in [-0.39, 0.29) is 17.6 Å². The first kappa shape index (κ1) is 21.3. The second-order valence-electron chi connectivity index (χ2n) is 8.89. The molecule has 1 aromatic rings. The van der Waals surface area contributed by atoms with E-state index in [0.717, 1.165) is 55.6 Å². The Morgan fingerprint density at radius 2 is 1.57 bits per heavy atom. The second-order valence-corrected chi connectivity index (χ2v) is 8.89. The molecule has 0 aliphatic heterocycles. The zero-order valence-corrected chi connectivity index (χ0v) is 17.1. The summed E-state index contributed by atoms with van der Waals surface area (Å²) in [6.45, 7) is 2.26. The van der Waals surface area contributed by atoms with Crippen molar-refractivity contribution in [2.24, 2.45) is 23.7 Å². The highest BCUT2D eigenvalue weighted by molar-refractivity contribution is 5.75. The number of hydrogen-bond donors (Lipinski definition) is 0. The maximum Gasteiger partial charge on any atom is 0.314 e. The van der Waals surface area contributed by atoms with Gasteiger partial charge in [0.05, 0.1) is 5.92 Å². The third-order valence-corrected chi connectivity index (χ3v) is 6.99. The first-order chi connectivity index (χ1) is 13.6. The summed E-state index contributed by atoms with van der Waals surface area (Å²) in [6, 6.07) is 3.24. The largest absolute Gasteiger partial charge is 0.426 e. The van der Waals surface area contributed by atoms with Crippen LogP contribution >= 0.6 is 0 Å². The number of rotatable bonds is 7. The minimum Gasteiger partial charge on any atom is -0.426 e. The molecule has 2 fully saturated rings. The van der Waals surface area contributed by atoms with Crippen LogP contribution in [0.5, 0.6) is 5.75 Å². The van der Waals surface area contributed by atoms with Crippen LogP contribution in [0.4, 0.5) is 8.78 Å². The summed E-state index contributed by atoms with van der Waals surface area (Å²) >= 11 is 0. The first-order valence-corrected chi connectivity index (χ1v) is 11.2. The van der Waals surface area contributed by atoms with Crippen LogP contribution in [0.3, 0.4) is 0 Å². The molecule has 0 bridgehead atoms. The number of ether oxygens (including phenoxy) is 1. The van der Waals surface area contributed by atoms with Crippen LogP contribution < -0.4 is 4.74 Å². The number of carbonyl (C=O) groups is 1. The third-order valence-electron chi connectivity index (χ3n) is 6.99. The number of hydrogen-bond acceptors (Lipinski definition) is 2. The molecule has 0 unspecified atom stereocenters. The molecule has 28 heavy (non-hydrogen) atoms. The predicted molar refractivity (Wildman–Crippen MR) is 107 cm³/mol. The molecule has 2 nitrogen and oxygen atoms in total. The van der Waals surface area contributed by atoms with E-state index in [1.807, 2.05) is 0 Å². The van der Waals surface area contributed by atoms with Crippen molar-refractivity contribution in [3.05, 3.63) is 29.8 Å². The molecule has 2 saturated carbocycles. The minimum atomic E-state index is -0.987. The molecule has 0 aromatic heterocycles. The van der Waals surface area contributed by atoms with Gasteiger partial charge >= 0.3 is 5.97 Å². The quantitative estimate of drug-likeness (QED) is 0.282. The molecule has 0 spiro atoms. The van der Waals surface area contributed by atoms with Crippen LogP contribution in [0.2, 0.25) is 0 Å². The van der Waals surface area contributed by atoms with E-state index in [0.29, 0.717) is 0 Å². The lowest BCUT2D eigenvalue weighted by molar-refractivity contribution is -0.140. The molecule has 2 aliphatic rings. The Bertz CT molecular complexity index is 629. The van der Waals surface area contributed by atoms with Gasteiger partial charge in [-0.1, -0.05) is 45.4 Å². The van der Waals surface area contributed by atoms with Crippen molar-refractivity contribution in [3.63, 3.8) is 0 Å². The Hall–Kier alpha value is -1.45. The van der Waals surface area contributed by atoms with E-state index < -0.39 is 11.6 Å². The van der Waals surface area contributed by atoms with Crippen molar-refractivity contribution < 1.29 is 18.3 Å². The Balaban J connectivity index is 1.39. The molecule has 156 valence electrons. The SMILES string of the molecule is CCCCC[C@H]1CC[C@H](C2CCC(C(=O)Oc3ccc(F)c(F)c3)CC2)CC1. The monoisotopic (exact) mass is 392 g/mol. The van der Waals surface area contributed by atoms with Gasteiger partial charge in [-0.25, -0.2) is 8.78 Å². The number of halogens is 2. The molecule has 0 amide bonds. The van der Waals surface area contributed by atoms with Crippen LogP contribution in [-0.4, -0.2) is 5.97 Å². The van der Waals surface area contributed by atoms with Gasteiger partial charge in [-0.2, -0.15) is 0 Å². The standard InChI is InChI=1S/C24H34F2O2/c1-2-3-4-5-17-6-8-18(9-7-17)19-10-12-20(13-11-19)24(27)28-21-14-15-22(25)23(26)16-21/h14-20H,2-13H2,1H3/t17-,18-,19?,20?. The molecule has 4 heteroatoms. The van der Waals surface area contributed by atoms with Gasteiger partial charge in [0.1, 0.15) is 5.75 Å². The minimum absolute atomic E-state index is 0.0902. The summed E-state index contributed by atoms with van der Waals surface area (Å²) in [6.07, 6.45) is 14.8. The number of carbonyl (C=O) groups excluding carboxylic acids is 1. The molecule has 0 N–H and O–H groups in total. The average molecular weight is 393 g/mol. The van der Waals surface area contributed by atoms with Crippen LogP contribution in [0.15, 0.2) is 18.2 Å². The topological polar surface area (TPSA) is 26.3 Å². The van der Waals surface area contributed by atoms with E-state index in [2.05, 4.69) is 6.92 Å². The Morgan fingerprint density at radius 1 is 0.929 bits per heavy atom.